The van der Waals surface area contributed by atoms with Gasteiger partial charge < -0.3 is 8.98 Å². The molecule has 8 aromatic rings. The lowest BCUT2D eigenvalue weighted by atomic mass is 9.96. The summed E-state index contributed by atoms with van der Waals surface area (Å²) in [6.07, 6.45) is 3.41. The van der Waals surface area contributed by atoms with Crippen molar-refractivity contribution in [2.24, 2.45) is 0 Å². The van der Waals surface area contributed by atoms with Gasteiger partial charge in [-0.1, -0.05) is 72.8 Å². The number of para-hydroxylation sites is 3. The van der Waals surface area contributed by atoms with E-state index in [0.717, 1.165) is 60.9 Å². The maximum atomic E-state index is 9.67. The van der Waals surface area contributed by atoms with Gasteiger partial charge in [-0.3, -0.25) is 4.98 Å². The zero-order valence-corrected chi connectivity index (χ0v) is 21.4. The van der Waals surface area contributed by atoms with Crippen LogP contribution in [0, 0.1) is 11.3 Å². The molecular weight excluding hydrogens is 490 g/mol. The SMILES string of the molecule is N#Cc1ccncc1-c1cccc(-c2ccccc2-n2c3ccccc3c3cc4c(cc32)oc2ccccc24)c1. The Morgan fingerprint density at radius 1 is 0.600 bits per heavy atom. The molecule has 0 unspecified atom stereocenters. The molecule has 0 aliphatic heterocycles. The van der Waals surface area contributed by atoms with Crippen molar-refractivity contribution in [3.63, 3.8) is 0 Å². The molecule has 0 amide bonds. The monoisotopic (exact) mass is 511 g/mol. The summed E-state index contributed by atoms with van der Waals surface area (Å²) in [4.78, 5) is 4.28. The van der Waals surface area contributed by atoms with Crippen LogP contribution in [-0.2, 0) is 0 Å². The minimum absolute atomic E-state index is 0.609. The number of benzene rings is 5. The highest BCUT2D eigenvalue weighted by Crippen LogP contribution is 2.40. The van der Waals surface area contributed by atoms with Gasteiger partial charge in [-0.05, 0) is 47.5 Å². The second-order valence-corrected chi connectivity index (χ2v) is 9.95. The lowest BCUT2D eigenvalue weighted by Crippen LogP contribution is -1.97. The van der Waals surface area contributed by atoms with Crippen molar-refractivity contribution >= 4 is 43.7 Å². The Hall–Kier alpha value is -5.66. The highest BCUT2D eigenvalue weighted by Gasteiger charge is 2.18. The molecule has 0 radical (unpaired) electrons. The molecule has 0 aliphatic carbocycles. The van der Waals surface area contributed by atoms with E-state index in [1.165, 1.54) is 10.8 Å². The van der Waals surface area contributed by atoms with Crippen molar-refractivity contribution < 1.29 is 4.42 Å². The number of fused-ring (bicyclic) bond motifs is 6. The second-order valence-electron chi connectivity index (χ2n) is 9.95. The van der Waals surface area contributed by atoms with Crippen LogP contribution >= 0.6 is 0 Å². The predicted octanol–water partition coefficient (Wildman–Crippen LogP) is 9.28. The van der Waals surface area contributed by atoms with Crippen LogP contribution in [0.1, 0.15) is 5.56 Å². The molecule has 5 aromatic carbocycles. The molecule has 0 bridgehead atoms. The summed E-state index contributed by atoms with van der Waals surface area (Å²) in [5.74, 6) is 0. The van der Waals surface area contributed by atoms with Gasteiger partial charge in [0.1, 0.15) is 11.2 Å². The molecule has 0 saturated heterocycles. The number of hydrogen-bond donors (Lipinski definition) is 0. The van der Waals surface area contributed by atoms with Crippen molar-refractivity contribution in [3.05, 3.63) is 133 Å². The largest absolute Gasteiger partial charge is 0.456 e. The summed E-state index contributed by atoms with van der Waals surface area (Å²) in [6.45, 7) is 0. The van der Waals surface area contributed by atoms with Crippen LogP contribution < -0.4 is 0 Å². The van der Waals surface area contributed by atoms with E-state index in [0.29, 0.717) is 5.56 Å². The molecule has 40 heavy (non-hydrogen) atoms. The average molecular weight is 512 g/mol. The van der Waals surface area contributed by atoms with Gasteiger partial charge in [0.15, 0.2) is 0 Å². The number of nitriles is 1. The van der Waals surface area contributed by atoms with Gasteiger partial charge in [0.05, 0.1) is 28.4 Å². The lowest BCUT2D eigenvalue weighted by molar-refractivity contribution is 0.669. The molecule has 186 valence electrons. The van der Waals surface area contributed by atoms with Crippen molar-refractivity contribution in [3.8, 4) is 34.0 Å². The van der Waals surface area contributed by atoms with Crippen LogP contribution in [0.3, 0.4) is 0 Å². The number of pyridine rings is 1. The molecule has 8 rings (SSSR count). The molecule has 0 saturated carbocycles. The highest BCUT2D eigenvalue weighted by atomic mass is 16.3. The van der Waals surface area contributed by atoms with E-state index >= 15 is 0 Å². The predicted molar refractivity (Wildman–Crippen MR) is 161 cm³/mol. The van der Waals surface area contributed by atoms with E-state index in [-0.39, 0.29) is 0 Å². The van der Waals surface area contributed by atoms with Crippen LogP contribution in [0.15, 0.2) is 132 Å². The minimum atomic E-state index is 0.609. The number of nitrogens with zero attached hydrogens (tertiary/aromatic N) is 3. The molecule has 0 aliphatic rings. The topological polar surface area (TPSA) is 54.8 Å². The van der Waals surface area contributed by atoms with E-state index in [9.17, 15) is 5.26 Å². The molecular formula is C36H21N3O. The first-order chi connectivity index (χ1) is 19.8. The maximum absolute atomic E-state index is 9.67. The first kappa shape index (κ1) is 22.3. The van der Waals surface area contributed by atoms with E-state index in [1.54, 1.807) is 18.5 Å². The van der Waals surface area contributed by atoms with Crippen molar-refractivity contribution in [2.75, 3.05) is 0 Å². The summed E-state index contributed by atoms with van der Waals surface area (Å²) >= 11 is 0. The van der Waals surface area contributed by atoms with Crippen LogP contribution in [0.4, 0.5) is 0 Å². The van der Waals surface area contributed by atoms with Gasteiger partial charge in [0, 0.05) is 51.1 Å². The third kappa shape index (κ3) is 3.28. The standard InChI is InChI=1S/C36H21N3O/c37-21-25-16-17-38-22-31(25)24-9-7-8-23(18-24)26-10-1-4-13-32(26)39-33-14-5-2-11-27(33)29-19-30-28-12-3-6-15-35(28)40-36(30)20-34(29)39/h1-20,22H. The summed E-state index contributed by atoms with van der Waals surface area (Å²) in [5, 5.41) is 14.3. The van der Waals surface area contributed by atoms with Gasteiger partial charge >= 0.3 is 0 Å². The van der Waals surface area contributed by atoms with Crippen molar-refractivity contribution in [1.29, 1.82) is 5.26 Å². The Balaban J connectivity index is 1.41. The number of furan rings is 1. The lowest BCUT2D eigenvalue weighted by Gasteiger charge is -2.15. The van der Waals surface area contributed by atoms with Gasteiger partial charge in [-0.2, -0.15) is 5.26 Å². The van der Waals surface area contributed by atoms with Crippen LogP contribution in [0.25, 0.3) is 71.7 Å². The Morgan fingerprint density at radius 2 is 1.38 bits per heavy atom. The fraction of sp³-hybridized carbons (Fsp3) is 0. The molecule has 3 heterocycles. The molecule has 3 aromatic heterocycles. The smallest absolute Gasteiger partial charge is 0.137 e. The average Bonchev–Trinajstić information content (AvgIpc) is 3.54. The van der Waals surface area contributed by atoms with Crippen molar-refractivity contribution in [1.82, 2.24) is 9.55 Å². The third-order valence-corrected chi connectivity index (χ3v) is 7.74. The zero-order chi connectivity index (χ0) is 26.6. The summed E-state index contributed by atoms with van der Waals surface area (Å²) in [7, 11) is 0. The first-order valence-corrected chi connectivity index (χ1v) is 13.2. The maximum Gasteiger partial charge on any atom is 0.137 e. The fourth-order valence-electron chi connectivity index (χ4n) is 5.94. The number of rotatable bonds is 3. The third-order valence-electron chi connectivity index (χ3n) is 7.74. The fourth-order valence-corrected chi connectivity index (χ4v) is 5.94. The Morgan fingerprint density at radius 3 is 2.27 bits per heavy atom. The van der Waals surface area contributed by atoms with Crippen LogP contribution in [0.2, 0.25) is 0 Å². The molecule has 4 nitrogen and oxygen atoms in total. The summed E-state index contributed by atoms with van der Waals surface area (Å²) in [5.41, 5.74) is 9.63. The highest BCUT2D eigenvalue weighted by molar-refractivity contribution is 6.17. The Bertz CT molecular complexity index is 2300. The molecule has 0 fully saturated rings. The summed E-state index contributed by atoms with van der Waals surface area (Å²) < 4.78 is 8.64. The van der Waals surface area contributed by atoms with E-state index in [4.69, 9.17) is 4.42 Å². The number of hydrogen-bond acceptors (Lipinski definition) is 3. The van der Waals surface area contributed by atoms with Gasteiger partial charge in [0.25, 0.3) is 0 Å². The van der Waals surface area contributed by atoms with Crippen LogP contribution in [-0.4, -0.2) is 9.55 Å². The quantitative estimate of drug-likeness (QED) is 0.237. The molecule has 4 heteroatoms. The Kier molecular flexibility index (Phi) is 4.85. The normalized spacial score (nSPS) is 11.5. The van der Waals surface area contributed by atoms with Gasteiger partial charge in [0.2, 0.25) is 0 Å². The van der Waals surface area contributed by atoms with E-state index in [1.807, 2.05) is 24.3 Å². The van der Waals surface area contributed by atoms with Gasteiger partial charge in [-0.15, -0.1) is 0 Å². The Labute approximate surface area is 230 Å². The van der Waals surface area contributed by atoms with Crippen molar-refractivity contribution in [2.45, 2.75) is 0 Å². The van der Waals surface area contributed by atoms with Crippen LogP contribution in [0.5, 0.6) is 0 Å². The zero-order valence-electron chi connectivity index (χ0n) is 21.4. The van der Waals surface area contributed by atoms with E-state index in [2.05, 4.69) is 101 Å². The van der Waals surface area contributed by atoms with E-state index < -0.39 is 0 Å². The second kappa shape index (κ2) is 8.69. The molecule has 0 atom stereocenters. The minimum Gasteiger partial charge on any atom is -0.456 e. The molecule has 0 N–H and O–H groups in total. The first-order valence-electron chi connectivity index (χ1n) is 13.2. The summed E-state index contributed by atoms with van der Waals surface area (Å²) in [6, 6.07) is 42.1. The van der Waals surface area contributed by atoms with Gasteiger partial charge in [-0.25, -0.2) is 0 Å². The number of aromatic nitrogens is 2. The molecule has 0 spiro atoms.